The number of anilines is 1. The van der Waals surface area contributed by atoms with Gasteiger partial charge >= 0.3 is 0 Å². The van der Waals surface area contributed by atoms with Gasteiger partial charge in [-0.1, -0.05) is 24.3 Å². The first-order valence-electron chi connectivity index (χ1n) is 7.07. The van der Waals surface area contributed by atoms with Gasteiger partial charge in [0.05, 0.1) is 6.26 Å². The second-order valence-electron chi connectivity index (χ2n) is 4.88. The summed E-state index contributed by atoms with van der Waals surface area (Å²) >= 11 is 1.64. The van der Waals surface area contributed by atoms with Crippen LogP contribution in [0.1, 0.15) is 16.1 Å². The Bertz CT molecular complexity index is 799. The van der Waals surface area contributed by atoms with Crippen LogP contribution in [-0.4, -0.2) is 11.0 Å². The smallest absolute Gasteiger partial charge is 0.291 e. The highest BCUT2D eigenvalue weighted by Gasteiger charge is 2.16. The van der Waals surface area contributed by atoms with Crippen LogP contribution in [0.3, 0.4) is 0 Å². The predicted octanol–water partition coefficient (Wildman–Crippen LogP) is 4.53. The maximum Gasteiger partial charge on any atom is 0.291 e. The minimum absolute atomic E-state index is 0.0992. The van der Waals surface area contributed by atoms with Gasteiger partial charge in [0.1, 0.15) is 5.75 Å². The molecular formula is C18H15NO3S. The highest BCUT2D eigenvalue weighted by Crippen LogP contribution is 2.25. The van der Waals surface area contributed by atoms with Crippen molar-refractivity contribution in [2.24, 2.45) is 0 Å². The highest BCUT2D eigenvalue weighted by molar-refractivity contribution is 7.98. The van der Waals surface area contributed by atoms with E-state index in [0.29, 0.717) is 11.4 Å². The summed E-state index contributed by atoms with van der Waals surface area (Å²) in [7, 11) is 0. The Hall–Kier alpha value is -2.66. The Kier molecular flexibility index (Phi) is 4.68. The molecule has 1 heterocycles. The Balaban J connectivity index is 1.69. The number of thioether (sulfide) groups is 1. The highest BCUT2D eigenvalue weighted by atomic mass is 32.2. The first-order valence-corrected chi connectivity index (χ1v) is 8.05. The van der Waals surface area contributed by atoms with E-state index in [9.17, 15) is 9.90 Å². The summed E-state index contributed by atoms with van der Waals surface area (Å²) in [5, 5.41) is 12.2. The Morgan fingerprint density at radius 1 is 1.09 bits per heavy atom. The van der Waals surface area contributed by atoms with Crippen LogP contribution in [0.4, 0.5) is 5.69 Å². The van der Waals surface area contributed by atoms with Crippen molar-refractivity contribution in [3.8, 4) is 5.75 Å². The van der Waals surface area contributed by atoms with E-state index in [1.165, 1.54) is 12.3 Å². The fourth-order valence-electron chi connectivity index (χ4n) is 2.10. The molecule has 0 unspecified atom stereocenters. The third kappa shape index (κ3) is 3.96. The van der Waals surface area contributed by atoms with E-state index in [2.05, 4.69) is 5.32 Å². The lowest BCUT2D eigenvalue weighted by Crippen LogP contribution is -2.12. The van der Waals surface area contributed by atoms with Crippen LogP contribution in [0.2, 0.25) is 0 Å². The zero-order valence-corrected chi connectivity index (χ0v) is 13.0. The van der Waals surface area contributed by atoms with E-state index in [4.69, 9.17) is 4.42 Å². The molecule has 4 nitrogen and oxygen atoms in total. The third-order valence-corrected chi connectivity index (χ3v) is 4.26. The van der Waals surface area contributed by atoms with Gasteiger partial charge in [-0.25, -0.2) is 0 Å². The molecule has 5 heteroatoms. The van der Waals surface area contributed by atoms with Gasteiger partial charge < -0.3 is 14.8 Å². The van der Waals surface area contributed by atoms with Gasteiger partial charge in [0.2, 0.25) is 0 Å². The number of furan rings is 1. The topological polar surface area (TPSA) is 62.5 Å². The molecule has 23 heavy (non-hydrogen) atoms. The first kappa shape index (κ1) is 15.2. The fourth-order valence-corrected chi connectivity index (χ4v) is 3.00. The number of rotatable bonds is 5. The Morgan fingerprint density at radius 2 is 1.91 bits per heavy atom. The molecule has 0 spiro atoms. The second kappa shape index (κ2) is 7.07. The number of aromatic hydroxyl groups is 1. The van der Waals surface area contributed by atoms with Gasteiger partial charge in [0.25, 0.3) is 5.91 Å². The maximum atomic E-state index is 12.3. The van der Waals surface area contributed by atoms with Crippen molar-refractivity contribution in [3.63, 3.8) is 0 Å². The summed E-state index contributed by atoms with van der Waals surface area (Å²) in [6, 6.07) is 18.2. The first-order chi connectivity index (χ1) is 11.2. The van der Waals surface area contributed by atoms with Crippen LogP contribution < -0.4 is 5.32 Å². The summed E-state index contributed by atoms with van der Waals surface area (Å²) in [4.78, 5) is 13.5. The standard InChI is InChI=1S/C18H15NO3S/c20-15-6-4-5-14(11-15)19-18(21)17-13(9-10-22-17)12-23-16-7-2-1-3-8-16/h1-11,20H,12H2,(H,19,21). The van der Waals surface area contributed by atoms with E-state index in [1.807, 2.05) is 30.3 Å². The summed E-state index contributed by atoms with van der Waals surface area (Å²) in [6.45, 7) is 0. The fraction of sp³-hybridized carbons (Fsp3) is 0.0556. The number of benzene rings is 2. The second-order valence-corrected chi connectivity index (χ2v) is 5.93. The number of carbonyl (C=O) groups is 1. The predicted molar refractivity (Wildman–Crippen MR) is 90.8 cm³/mol. The van der Waals surface area contributed by atoms with Crippen molar-refractivity contribution in [1.29, 1.82) is 0 Å². The Morgan fingerprint density at radius 3 is 2.70 bits per heavy atom. The SMILES string of the molecule is O=C(Nc1cccc(O)c1)c1occc1CSc1ccccc1. The van der Waals surface area contributed by atoms with Crippen LogP contribution in [0.25, 0.3) is 0 Å². The molecule has 0 bridgehead atoms. The molecule has 1 aromatic heterocycles. The van der Waals surface area contributed by atoms with Crippen molar-refractivity contribution in [1.82, 2.24) is 0 Å². The van der Waals surface area contributed by atoms with Crippen molar-refractivity contribution < 1.29 is 14.3 Å². The van der Waals surface area contributed by atoms with E-state index in [0.717, 1.165) is 10.5 Å². The minimum Gasteiger partial charge on any atom is -0.508 e. The van der Waals surface area contributed by atoms with Crippen LogP contribution in [0.5, 0.6) is 5.75 Å². The lowest BCUT2D eigenvalue weighted by molar-refractivity contribution is 0.0996. The molecule has 0 fully saturated rings. The average Bonchev–Trinajstić information content (AvgIpc) is 3.02. The van der Waals surface area contributed by atoms with Gasteiger partial charge in [-0.2, -0.15) is 0 Å². The molecule has 116 valence electrons. The molecular weight excluding hydrogens is 310 g/mol. The lowest BCUT2D eigenvalue weighted by atomic mass is 10.2. The van der Waals surface area contributed by atoms with Crippen molar-refractivity contribution in [2.45, 2.75) is 10.6 Å². The summed E-state index contributed by atoms with van der Waals surface area (Å²) in [6.07, 6.45) is 1.51. The molecule has 0 radical (unpaired) electrons. The molecule has 3 aromatic rings. The summed E-state index contributed by atoms with van der Waals surface area (Å²) in [5.41, 5.74) is 1.35. The number of phenols is 1. The van der Waals surface area contributed by atoms with E-state index < -0.39 is 0 Å². The van der Waals surface area contributed by atoms with Crippen molar-refractivity contribution >= 4 is 23.4 Å². The summed E-state index contributed by atoms with van der Waals surface area (Å²) < 4.78 is 5.33. The van der Waals surface area contributed by atoms with Crippen LogP contribution in [0, 0.1) is 0 Å². The van der Waals surface area contributed by atoms with Gasteiger partial charge in [-0.15, -0.1) is 11.8 Å². The number of nitrogens with one attached hydrogen (secondary N) is 1. The Labute approximate surface area is 138 Å². The molecule has 2 N–H and O–H groups in total. The van der Waals surface area contributed by atoms with E-state index in [-0.39, 0.29) is 17.4 Å². The largest absolute Gasteiger partial charge is 0.508 e. The molecule has 3 rings (SSSR count). The van der Waals surface area contributed by atoms with E-state index in [1.54, 1.807) is 36.0 Å². The van der Waals surface area contributed by atoms with Crippen molar-refractivity contribution in [2.75, 3.05) is 5.32 Å². The maximum absolute atomic E-state index is 12.3. The zero-order valence-electron chi connectivity index (χ0n) is 12.2. The number of hydrogen-bond acceptors (Lipinski definition) is 4. The molecule has 1 amide bonds. The zero-order chi connectivity index (χ0) is 16.1. The molecule has 0 aliphatic heterocycles. The summed E-state index contributed by atoms with van der Waals surface area (Å²) in [5.74, 6) is 0.701. The van der Waals surface area contributed by atoms with Gasteiger partial charge in [-0.3, -0.25) is 4.79 Å². The average molecular weight is 325 g/mol. The normalized spacial score (nSPS) is 10.4. The quantitative estimate of drug-likeness (QED) is 0.677. The molecule has 0 aliphatic rings. The molecule has 0 saturated heterocycles. The minimum atomic E-state index is -0.329. The molecule has 0 atom stereocenters. The number of carbonyl (C=O) groups excluding carboxylic acids is 1. The van der Waals surface area contributed by atoms with Gasteiger partial charge in [0, 0.05) is 28.0 Å². The van der Waals surface area contributed by atoms with Crippen molar-refractivity contribution in [3.05, 3.63) is 78.3 Å². The van der Waals surface area contributed by atoms with Crippen LogP contribution in [-0.2, 0) is 5.75 Å². The molecule has 0 saturated carbocycles. The monoisotopic (exact) mass is 325 g/mol. The number of phenolic OH excluding ortho intramolecular Hbond substituents is 1. The molecule has 2 aromatic carbocycles. The van der Waals surface area contributed by atoms with Crippen LogP contribution >= 0.6 is 11.8 Å². The number of amides is 1. The van der Waals surface area contributed by atoms with Gasteiger partial charge in [0.15, 0.2) is 5.76 Å². The van der Waals surface area contributed by atoms with E-state index >= 15 is 0 Å². The van der Waals surface area contributed by atoms with Crippen LogP contribution in [0.15, 0.2) is 76.2 Å². The molecule has 0 aliphatic carbocycles. The van der Waals surface area contributed by atoms with Gasteiger partial charge in [-0.05, 0) is 30.3 Å². The number of hydrogen-bond donors (Lipinski definition) is 2. The lowest BCUT2D eigenvalue weighted by Gasteiger charge is -2.06. The third-order valence-electron chi connectivity index (χ3n) is 3.19.